The molecule has 1 amide bonds. The van der Waals surface area contributed by atoms with Crippen molar-refractivity contribution in [3.63, 3.8) is 0 Å². The van der Waals surface area contributed by atoms with Crippen molar-refractivity contribution >= 4 is 17.6 Å². The average Bonchev–Trinajstić information content (AvgIpc) is 2.83. The summed E-state index contributed by atoms with van der Waals surface area (Å²) in [4.78, 5) is 13.6. The maximum absolute atomic E-state index is 11.9. The number of amides is 1. The maximum atomic E-state index is 11.9. The number of carbonyl (C=O) groups is 1. The van der Waals surface area contributed by atoms with Crippen molar-refractivity contribution in [3.8, 4) is 0 Å². The Bertz CT molecular complexity index is 427. The van der Waals surface area contributed by atoms with E-state index in [0.717, 1.165) is 12.1 Å². The Morgan fingerprint density at radius 1 is 1.61 bits per heavy atom. The van der Waals surface area contributed by atoms with Crippen molar-refractivity contribution in [1.29, 1.82) is 0 Å². The minimum atomic E-state index is -0.531. The summed E-state index contributed by atoms with van der Waals surface area (Å²) >= 11 is 1.38. The average molecular weight is 269 g/mol. The van der Waals surface area contributed by atoms with E-state index in [2.05, 4.69) is 4.37 Å². The van der Waals surface area contributed by atoms with Crippen molar-refractivity contribution in [3.05, 3.63) is 17.1 Å². The van der Waals surface area contributed by atoms with E-state index in [-0.39, 0.29) is 6.09 Å². The van der Waals surface area contributed by atoms with Crippen LogP contribution in [0.15, 0.2) is 11.4 Å². The number of ether oxygens (including phenoxy) is 1. The summed E-state index contributed by atoms with van der Waals surface area (Å²) < 4.78 is 9.62. The highest BCUT2D eigenvalue weighted by molar-refractivity contribution is 7.03. The first-order valence-corrected chi connectivity index (χ1v) is 6.81. The summed E-state index contributed by atoms with van der Waals surface area (Å²) in [6, 6.07) is 1.92. The van der Waals surface area contributed by atoms with Gasteiger partial charge in [0.2, 0.25) is 0 Å². The van der Waals surface area contributed by atoms with Crippen molar-refractivity contribution in [2.45, 2.75) is 38.3 Å². The largest absolute Gasteiger partial charge is 0.444 e. The summed E-state index contributed by atoms with van der Waals surface area (Å²) in [5.41, 5.74) is 6.17. The number of nitrogens with two attached hydrogens (primary N) is 1. The number of nitrogens with zero attached hydrogens (tertiary/aromatic N) is 2. The lowest BCUT2D eigenvalue weighted by Crippen LogP contribution is -2.42. The van der Waals surface area contributed by atoms with Crippen LogP contribution in [0.1, 0.15) is 32.9 Å². The second kappa shape index (κ2) is 4.51. The Morgan fingerprint density at radius 2 is 2.33 bits per heavy atom. The molecule has 2 rings (SSSR count). The van der Waals surface area contributed by atoms with Gasteiger partial charge in [0.25, 0.3) is 0 Å². The van der Waals surface area contributed by atoms with Gasteiger partial charge in [0.15, 0.2) is 0 Å². The Labute approximate surface area is 111 Å². The topological polar surface area (TPSA) is 68.5 Å². The van der Waals surface area contributed by atoms with Crippen LogP contribution >= 0.6 is 11.5 Å². The molecule has 1 aliphatic rings. The van der Waals surface area contributed by atoms with Crippen LogP contribution in [-0.2, 0) is 10.3 Å². The van der Waals surface area contributed by atoms with E-state index >= 15 is 0 Å². The second-order valence-corrected chi connectivity index (χ2v) is 6.36. The summed E-state index contributed by atoms with van der Waals surface area (Å²) in [5, 5.41) is 1.90. The van der Waals surface area contributed by atoms with Gasteiger partial charge >= 0.3 is 6.09 Å². The number of carbonyl (C=O) groups excluding carboxylic acids is 1. The lowest BCUT2D eigenvalue weighted by molar-refractivity contribution is 0.0284. The minimum absolute atomic E-state index is 0.301. The smallest absolute Gasteiger partial charge is 0.410 e. The monoisotopic (exact) mass is 269 g/mol. The molecule has 0 spiro atoms. The van der Waals surface area contributed by atoms with Crippen LogP contribution in [0.25, 0.3) is 0 Å². The number of rotatable bonds is 1. The van der Waals surface area contributed by atoms with E-state index < -0.39 is 11.1 Å². The van der Waals surface area contributed by atoms with Crippen molar-refractivity contribution in [2.75, 3.05) is 13.1 Å². The Balaban J connectivity index is 2.02. The highest BCUT2D eigenvalue weighted by Gasteiger charge is 2.40. The van der Waals surface area contributed by atoms with Crippen molar-refractivity contribution in [1.82, 2.24) is 9.27 Å². The third kappa shape index (κ3) is 2.81. The molecule has 5 nitrogen and oxygen atoms in total. The summed E-state index contributed by atoms with van der Waals surface area (Å²) in [5.74, 6) is 0. The normalized spacial score (nSPS) is 24.3. The second-order valence-electron chi connectivity index (χ2n) is 5.69. The van der Waals surface area contributed by atoms with E-state index in [1.54, 1.807) is 4.90 Å². The zero-order valence-corrected chi connectivity index (χ0v) is 11.8. The molecule has 18 heavy (non-hydrogen) atoms. The van der Waals surface area contributed by atoms with Crippen LogP contribution in [0.4, 0.5) is 4.79 Å². The Morgan fingerprint density at radius 3 is 2.89 bits per heavy atom. The molecule has 0 aromatic carbocycles. The fourth-order valence-corrected chi connectivity index (χ4v) is 2.60. The van der Waals surface area contributed by atoms with Gasteiger partial charge in [0.1, 0.15) is 5.60 Å². The molecule has 1 aliphatic heterocycles. The van der Waals surface area contributed by atoms with Gasteiger partial charge in [0.05, 0.1) is 11.2 Å². The van der Waals surface area contributed by atoms with Crippen LogP contribution in [0, 0.1) is 0 Å². The number of likely N-dealkylation sites (tertiary alicyclic amines) is 1. The molecule has 0 aliphatic carbocycles. The van der Waals surface area contributed by atoms with Gasteiger partial charge < -0.3 is 15.4 Å². The molecule has 1 unspecified atom stereocenters. The molecule has 1 aromatic rings. The van der Waals surface area contributed by atoms with Crippen LogP contribution in [0.5, 0.6) is 0 Å². The summed E-state index contributed by atoms with van der Waals surface area (Å²) in [6.45, 7) is 6.65. The fourth-order valence-electron chi connectivity index (χ4n) is 1.99. The number of aromatic nitrogens is 1. The Hall–Kier alpha value is -1.14. The van der Waals surface area contributed by atoms with Crippen molar-refractivity contribution < 1.29 is 9.53 Å². The fraction of sp³-hybridized carbons (Fsp3) is 0.667. The first-order chi connectivity index (χ1) is 8.30. The first-order valence-electron chi connectivity index (χ1n) is 5.98. The summed E-state index contributed by atoms with van der Waals surface area (Å²) in [6.07, 6.45) is 0.417. The molecule has 1 saturated heterocycles. The SMILES string of the molecule is CC(C)(C)OC(=O)N1CCC(N)(c2ccsn2)C1. The van der Waals surface area contributed by atoms with E-state index in [1.165, 1.54) is 11.5 Å². The maximum Gasteiger partial charge on any atom is 0.410 e. The van der Waals surface area contributed by atoms with Crippen LogP contribution in [-0.4, -0.2) is 34.1 Å². The van der Waals surface area contributed by atoms with E-state index in [1.807, 2.05) is 32.2 Å². The third-order valence-electron chi connectivity index (χ3n) is 2.90. The van der Waals surface area contributed by atoms with Gasteiger partial charge in [0, 0.05) is 18.5 Å². The lowest BCUT2D eigenvalue weighted by atomic mass is 9.96. The first kappa shape index (κ1) is 13.3. The van der Waals surface area contributed by atoms with Gasteiger partial charge in [-0.05, 0) is 44.8 Å². The standard InChI is InChI=1S/C12H19N3O2S/c1-11(2,3)17-10(16)15-6-5-12(13,8-15)9-4-7-18-14-9/h4,7H,5-6,8,13H2,1-3H3. The molecule has 1 aromatic heterocycles. The molecule has 0 saturated carbocycles. The highest BCUT2D eigenvalue weighted by atomic mass is 32.1. The molecule has 2 heterocycles. The zero-order valence-electron chi connectivity index (χ0n) is 11.0. The Kier molecular flexibility index (Phi) is 3.33. The van der Waals surface area contributed by atoms with Crippen LogP contribution in [0.2, 0.25) is 0 Å². The lowest BCUT2D eigenvalue weighted by Gasteiger charge is -2.26. The predicted molar refractivity (Wildman–Crippen MR) is 70.4 cm³/mol. The minimum Gasteiger partial charge on any atom is -0.444 e. The van der Waals surface area contributed by atoms with Gasteiger partial charge in [-0.3, -0.25) is 0 Å². The van der Waals surface area contributed by atoms with Gasteiger partial charge in [-0.1, -0.05) is 0 Å². The predicted octanol–water partition coefficient (Wildman–Crippen LogP) is 1.94. The molecule has 2 N–H and O–H groups in total. The van der Waals surface area contributed by atoms with Gasteiger partial charge in [-0.25, -0.2) is 4.79 Å². The van der Waals surface area contributed by atoms with Crippen molar-refractivity contribution in [2.24, 2.45) is 5.73 Å². The zero-order chi connectivity index (χ0) is 13.4. The van der Waals surface area contributed by atoms with Gasteiger partial charge in [-0.15, -0.1) is 0 Å². The molecular formula is C12H19N3O2S. The molecule has 1 fully saturated rings. The molecule has 0 radical (unpaired) electrons. The molecule has 0 bridgehead atoms. The van der Waals surface area contributed by atoms with E-state index in [9.17, 15) is 4.79 Å². The quantitative estimate of drug-likeness (QED) is 0.846. The van der Waals surface area contributed by atoms with Crippen LogP contribution in [0.3, 0.4) is 0 Å². The molecule has 100 valence electrons. The van der Waals surface area contributed by atoms with E-state index in [4.69, 9.17) is 10.5 Å². The number of hydrogen-bond acceptors (Lipinski definition) is 5. The highest BCUT2D eigenvalue weighted by Crippen LogP contribution is 2.29. The molecule has 1 atom stereocenters. The molecular weight excluding hydrogens is 250 g/mol. The number of hydrogen-bond donors (Lipinski definition) is 1. The van der Waals surface area contributed by atoms with Gasteiger partial charge in [-0.2, -0.15) is 4.37 Å². The van der Waals surface area contributed by atoms with E-state index in [0.29, 0.717) is 13.1 Å². The third-order valence-corrected chi connectivity index (χ3v) is 3.46. The van der Waals surface area contributed by atoms with Crippen LogP contribution < -0.4 is 5.73 Å². The molecule has 6 heteroatoms. The summed E-state index contributed by atoms with van der Waals surface area (Å²) in [7, 11) is 0.